The highest BCUT2D eigenvalue weighted by Crippen LogP contribution is 2.27. The van der Waals surface area contributed by atoms with E-state index >= 15 is 0 Å². The number of amides is 1. The summed E-state index contributed by atoms with van der Waals surface area (Å²) >= 11 is 0. The zero-order valence-corrected chi connectivity index (χ0v) is 22.2. The molecule has 0 fully saturated rings. The van der Waals surface area contributed by atoms with Crippen molar-refractivity contribution in [2.45, 2.75) is 51.0 Å². The average molecular weight is 510 g/mol. The number of aromatic nitrogens is 1. The van der Waals surface area contributed by atoms with E-state index in [0.717, 1.165) is 15.4 Å². The summed E-state index contributed by atoms with van der Waals surface area (Å²) in [5.74, 6) is -0.371. The Balaban J connectivity index is 1.96. The summed E-state index contributed by atoms with van der Waals surface area (Å²) in [7, 11) is -4.03. The molecule has 0 atom stereocenters. The maximum absolute atomic E-state index is 13.8. The van der Waals surface area contributed by atoms with Crippen molar-refractivity contribution in [3.05, 3.63) is 89.7 Å². The van der Waals surface area contributed by atoms with Crippen LogP contribution in [0, 0.1) is 6.92 Å². The predicted octanol–water partition coefficient (Wildman–Crippen LogP) is 4.29. The van der Waals surface area contributed by atoms with Gasteiger partial charge >= 0.3 is 0 Å². The normalized spacial score (nSPS) is 11.8. The number of anilines is 1. The summed E-state index contributed by atoms with van der Waals surface area (Å²) in [6.07, 6.45) is 2.03. The standard InChI is InChI=1S/C28H35N3O4S/c1-22-9-13-25(14-10-22)31(36(34,35)26-15-11-23(12-16-26)28(2,3)4)21-27(33)30(18-7-19-32)20-24-8-5-6-17-29-24/h5-6,8-17,32H,7,18-21H2,1-4H3. The van der Waals surface area contributed by atoms with E-state index in [-0.39, 0.29) is 42.5 Å². The maximum atomic E-state index is 13.8. The lowest BCUT2D eigenvalue weighted by molar-refractivity contribution is -0.130. The molecular weight excluding hydrogens is 474 g/mol. The fraction of sp³-hybridized carbons (Fsp3) is 0.357. The second kappa shape index (κ2) is 11.7. The van der Waals surface area contributed by atoms with Crippen LogP contribution in [-0.4, -0.2) is 49.0 Å². The molecule has 8 heteroatoms. The van der Waals surface area contributed by atoms with Gasteiger partial charge in [0.1, 0.15) is 6.54 Å². The number of rotatable bonds is 10. The monoisotopic (exact) mass is 509 g/mol. The minimum absolute atomic E-state index is 0.0773. The Hall–Kier alpha value is -3.23. The lowest BCUT2D eigenvalue weighted by Gasteiger charge is -2.29. The van der Waals surface area contributed by atoms with Gasteiger partial charge in [0.2, 0.25) is 5.91 Å². The van der Waals surface area contributed by atoms with E-state index in [0.29, 0.717) is 17.8 Å². The summed E-state index contributed by atoms with van der Waals surface area (Å²) in [4.78, 5) is 19.4. The Bertz CT molecular complexity index is 1240. The highest BCUT2D eigenvalue weighted by molar-refractivity contribution is 7.92. The van der Waals surface area contributed by atoms with Gasteiger partial charge in [-0.1, -0.05) is 56.7 Å². The van der Waals surface area contributed by atoms with Crippen LogP contribution in [0.4, 0.5) is 5.69 Å². The lowest BCUT2D eigenvalue weighted by atomic mass is 9.87. The van der Waals surface area contributed by atoms with Crippen LogP contribution in [0.15, 0.2) is 77.8 Å². The minimum atomic E-state index is -4.03. The topological polar surface area (TPSA) is 90.8 Å². The molecule has 0 bridgehead atoms. The van der Waals surface area contributed by atoms with Gasteiger partial charge < -0.3 is 10.0 Å². The number of hydrogen-bond acceptors (Lipinski definition) is 5. The molecule has 36 heavy (non-hydrogen) atoms. The number of hydrogen-bond donors (Lipinski definition) is 1. The third-order valence-electron chi connectivity index (χ3n) is 5.93. The van der Waals surface area contributed by atoms with Crippen LogP contribution >= 0.6 is 0 Å². The number of pyridine rings is 1. The molecule has 3 aromatic rings. The molecule has 1 N–H and O–H groups in total. The highest BCUT2D eigenvalue weighted by atomic mass is 32.2. The first kappa shape index (κ1) is 27.4. The van der Waals surface area contributed by atoms with Crippen molar-refractivity contribution in [2.75, 3.05) is 24.0 Å². The number of benzene rings is 2. The van der Waals surface area contributed by atoms with Crippen LogP contribution in [0.5, 0.6) is 0 Å². The zero-order valence-electron chi connectivity index (χ0n) is 21.4. The van der Waals surface area contributed by atoms with Crippen LogP contribution in [0.1, 0.15) is 44.0 Å². The Kier molecular flexibility index (Phi) is 8.87. The van der Waals surface area contributed by atoms with Gasteiger partial charge in [0, 0.05) is 19.3 Å². The second-order valence-corrected chi connectivity index (χ2v) is 11.7. The van der Waals surface area contributed by atoms with Gasteiger partial charge in [0.25, 0.3) is 10.0 Å². The molecule has 0 saturated carbocycles. The molecule has 192 valence electrons. The van der Waals surface area contributed by atoms with E-state index in [1.165, 1.54) is 4.90 Å². The molecule has 2 aromatic carbocycles. The molecule has 0 aliphatic heterocycles. The van der Waals surface area contributed by atoms with Crippen molar-refractivity contribution in [1.29, 1.82) is 0 Å². The number of nitrogens with zero attached hydrogens (tertiary/aromatic N) is 3. The summed E-state index contributed by atoms with van der Waals surface area (Å²) in [6, 6.07) is 19.3. The third-order valence-corrected chi connectivity index (χ3v) is 7.72. The summed E-state index contributed by atoms with van der Waals surface area (Å²) in [5.41, 5.74) is 2.98. The van der Waals surface area contributed by atoms with Crippen molar-refractivity contribution in [2.24, 2.45) is 0 Å². The first-order chi connectivity index (χ1) is 17.0. The Labute approximate surface area is 214 Å². The van der Waals surface area contributed by atoms with E-state index in [4.69, 9.17) is 0 Å². The number of aliphatic hydroxyl groups excluding tert-OH is 1. The molecular formula is C28H35N3O4S. The summed E-state index contributed by atoms with van der Waals surface area (Å²) in [5, 5.41) is 9.35. The molecule has 0 spiro atoms. The smallest absolute Gasteiger partial charge is 0.264 e. The van der Waals surface area contributed by atoms with E-state index < -0.39 is 10.0 Å². The number of aliphatic hydroxyl groups is 1. The van der Waals surface area contributed by atoms with Crippen LogP contribution in [0.25, 0.3) is 0 Å². The molecule has 0 unspecified atom stereocenters. The van der Waals surface area contributed by atoms with Crippen LogP contribution in [0.2, 0.25) is 0 Å². The Morgan fingerprint density at radius 3 is 2.19 bits per heavy atom. The molecule has 1 aromatic heterocycles. The number of aryl methyl sites for hydroxylation is 1. The van der Waals surface area contributed by atoms with Crippen molar-refractivity contribution in [3.63, 3.8) is 0 Å². The van der Waals surface area contributed by atoms with Crippen LogP contribution < -0.4 is 4.31 Å². The van der Waals surface area contributed by atoms with Gasteiger partial charge in [0.05, 0.1) is 22.8 Å². The van der Waals surface area contributed by atoms with Gasteiger partial charge in [-0.2, -0.15) is 0 Å². The highest BCUT2D eigenvalue weighted by Gasteiger charge is 2.29. The molecule has 0 saturated heterocycles. The molecule has 0 aliphatic carbocycles. The van der Waals surface area contributed by atoms with Crippen LogP contribution in [-0.2, 0) is 26.8 Å². The van der Waals surface area contributed by atoms with Gasteiger partial charge in [-0.15, -0.1) is 0 Å². The van der Waals surface area contributed by atoms with E-state index in [2.05, 4.69) is 25.8 Å². The number of carbonyl (C=O) groups is 1. The molecule has 0 aliphatic rings. The lowest BCUT2D eigenvalue weighted by Crippen LogP contribution is -2.43. The van der Waals surface area contributed by atoms with Crippen molar-refractivity contribution in [3.8, 4) is 0 Å². The maximum Gasteiger partial charge on any atom is 0.264 e. The van der Waals surface area contributed by atoms with E-state index in [1.54, 1.807) is 36.5 Å². The van der Waals surface area contributed by atoms with Crippen molar-refractivity contribution < 1.29 is 18.3 Å². The molecule has 1 amide bonds. The fourth-order valence-electron chi connectivity index (χ4n) is 3.74. The van der Waals surface area contributed by atoms with E-state index in [9.17, 15) is 18.3 Å². The van der Waals surface area contributed by atoms with Crippen molar-refractivity contribution >= 4 is 21.6 Å². The molecule has 0 radical (unpaired) electrons. The van der Waals surface area contributed by atoms with Gasteiger partial charge in [-0.3, -0.25) is 14.1 Å². The van der Waals surface area contributed by atoms with E-state index in [1.807, 2.05) is 43.3 Å². The Morgan fingerprint density at radius 2 is 1.64 bits per heavy atom. The van der Waals surface area contributed by atoms with Gasteiger partial charge in [-0.25, -0.2) is 8.42 Å². The summed E-state index contributed by atoms with van der Waals surface area (Å²) < 4.78 is 28.8. The fourth-order valence-corrected chi connectivity index (χ4v) is 5.16. The summed E-state index contributed by atoms with van der Waals surface area (Å²) in [6.45, 7) is 8.18. The van der Waals surface area contributed by atoms with Gasteiger partial charge in [0.15, 0.2) is 0 Å². The number of sulfonamides is 1. The zero-order chi connectivity index (χ0) is 26.3. The molecule has 7 nitrogen and oxygen atoms in total. The average Bonchev–Trinajstić information content (AvgIpc) is 2.85. The SMILES string of the molecule is Cc1ccc(N(CC(=O)N(CCCO)Cc2ccccn2)S(=O)(=O)c2ccc(C(C)(C)C)cc2)cc1. The second-order valence-electron chi connectivity index (χ2n) is 9.84. The van der Waals surface area contributed by atoms with Crippen molar-refractivity contribution in [1.82, 2.24) is 9.88 Å². The molecule has 3 rings (SSSR count). The largest absolute Gasteiger partial charge is 0.396 e. The first-order valence-electron chi connectivity index (χ1n) is 12.0. The minimum Gasteiger partial charge on any atom is -0.396 e. The Morgan fingerprint density at radius 1 is 0.972 bits per heavy atom. The van der Waals surface area contributed by atoms with Crippen LogP contribution in [0.3, 0.4) is 0 Å². The number of carbonyl (C=O) groups excluding carboxylic acids is 1. The quantitative estimate of drug-likeness (QED) is 0.440. The van der Waals surface area contributed by atoms with Gasteiger partial charge in [-0.05, 0) is 60.7 Å². The molecule has 1 heterocycles. The first-order valence-corrected chi connectivity index (χ1v) is 13.4. The predicted molar refractivity (Wildman–Crippen MR) is 142 cm³/mol. The third kappa shape index (κ3) is 6.92.